The zero-order valence-corrected chi connectivity index (χ0v) is 10.5. The Morgan fingerprint density at radius 2 is 2.12 bits per heavy atom. The van der Waals surface area contributed by atoms with Crippen molar-refractivity contribution < 1.29 is 0 Å². The van der Waals surface area contributed by atoms with Crippen LogP contribution in [0.2, 0.25) is 0 Å². The molecule has 0 radical (unpaired) electrons. The topological polar surface area (TPSA) is 15.3 Å². The van der Waals surface area contributed by atoms with E-state index in [1.807, 2.05) is 0 Å². The predicted molar refractivity (Wildman–Crippen MR) is 69.1 cm³/mol. The van der Waals surface area contributed by atoms with Crippen LogP contribution in [0.5, 0.6) is 0 Å². The van der Waals surface area contributed by atoms with Gasteiger partial charge in [0.2, 0.25) is 0 Å². The fourth-order valence-corrected chi connectivity index (χ4v) is 2.64. The molecule has 1 unspecified atom stereocenters. The van der Waals surface area contributed by atoms with Gasteiger partial charge in [0.25, 0.3) is 0 Å². The molecular weight excluding hydrogens is 220 g/mol. The van der Waals surface area contributed by atoms with Crippen LogP contribution >= 0.6 is 11.6 Å². The fraction of sp³-hybridized carbons (Fsp3) is 0.538. The van der Waals surface area contributed by atoms with E-state index in [0.717, 1.165) is 26.2 Å². The summed E-state index contributed by atoms with van der Waals surface area (Å²) in [4.78, 5) is 2.47. The third-order valence-corrected chi connectivity index (χ3v) is 3.46. The summed E-state index contributed by atoms with van der Waals surface area (Å²) in [6, 6.07) is 9.04. The summed E-state index contributed by atoms with van der Waals surface area (Å²) in [7, 11) is 0. The number of nitrogens with one attached hydrogen (secondary N) is 1. The van der Waals surface area contributed by atoms with E-state index in [1.54, 1.807) is 0 Å². The first-order valence-electron chi connectivity index (χ1n) is 5.88. The highest BCUT2D eigenvalue weighted by Crippen LogP contribution is 2.23. The molecule has 1 aromatic carbocycles. The van der Waals surface area contributed by atoms with E-state index < -0.39 is 0 Å². The van der Waals surface area contributed by atoms with Gasteiger partial charge in [0.05, 0.1) is 0 Å². The molecule has 1 fully saturated rings. The van der Waals surface area contributed by atoms with Crippen molar-refractivity contribution in [1.29, 1.82) is 0 Å². The van der Waals surface area contributed by atoms with Crippen molar-refractivity contribution in [1.82, 2.24) is 10.2 Å². The number of alkyl halides is 1. The smallest absolute Gasteiger partial charge is 0.0484 e. The van der Waals surface area contributed by atoms with Crippen molar-refractivity contribution in [3.8, 4) is 0 Å². The molecule has 1 aliphatic heterocycles. The lowest BCUT2D eigenvalue weighted by Crippen LogP contribution is -2.45. The number of rotatable bonds is 3. The number of aryl methyl sites for hydroxylation is 1. The average Bonchev–Trinajstić information content (AvgIpc) is 2.31. The van der Waals surface area contributed by atoms with E-state index >= 15 is 0 Å². The Morgan fingerprint density at radius 3 is 2.75 bits per heavy atom. The van der Waals surface area contributed by atoms with E-state index in [1.165, 1.54) is 11.1 Å². The molecule has 2 rings (SSSR count). The first-order chi connectivity index (χ1) is 7.81. The molecule has 0 saturated carbocycles. The third kappa shape index (κ3) is 2.76. The van der Waals surface area contributed by atoms with Gasteiger partial charge in [-0.25, -0.2) is 0 Å². The van der Waals surface area contributed by atoms with Gasteiger partial charge in [0.15, 0.2) is 0 Å². The summed E-state index contributed by atoms with van der Waals surface area (Å²) in [5.74, 6) is 0.670. The van der Waals surface area contributed by atoms with Crippen molar-refractivity contribution in [2.24, 2.45) is 0 Å². The van der Waals surface area contributed by atoms with Gasteiger partial charge in [-0.2, -0.15) is 0 Å². The summed E-state index contributed by atoms with van der Waals surface area (Å²) >= 11 is 6.13. The maximum Gasteiger partial charge on any atom is 0.0484 e. The zero-order valence-electron chi connectivity index (χ0n) is 9.75. The van der Waals surface area contributed by atoms with Gasteiger partial charge in [-0.3, -0.25) is 4.90 Å². The molecule has 16 heavy (non-hydrogen) atoms. The lowest BCUT2D eigenvalue weighted by molar-refractivity contribution is 0.187. The van der Waals surface area contributed by atoms with Crippen LogP contribution in [0.25, 0.3) is 0 Å². The number of halogens is 1. The van der Waals surface area contributed by atoms with Crippen LogP contribution in [0.15, 0.2) is 24.3 Å². The molecular formula is C13H19ClN2. The quantitative estimate of drug-likeness (QED) is 0.813. The van der Waals surface area contributed by atoms with Crippen LogP contribution in [-0.4, -0.2) is 37.0 Å². The second-order valence-corrected chi connectivity index (χ2v) is 4.68. The van der Waals surface area contributed by atoms with Gasteiger partial charge in [0, 0.05) is 38.1 Å². The Kier molecular flexibility index (Phi) is 4.22. The molecule has 0 aromatic heterocycles. The second-order valence-electron chi connectivity index (χ2n) is 4.37. The highest BCUT2D eigenvalue weighted by molar-refractivity contribution is 6.18. The first kappa shape index (κ1) is 11.9. The summed E-state index contributed by atoms with van der Waals surface area (Å²) in [5.41, 5.74) is 2.65. The van der Waals surface area contributed by atoms with Crippen molar-refractivity contribution in [2.45, 2.75) is 13.0 Å². The van der Waals surface area contributed by atoms with E-state index in [-0.39, 0.29) is 0 Å². The Morgan fingerprint density at radius 1 is 1.38 bits per heavy atom. The van der Waals surface area contributed by atoms with Crippen molar-refractivity contribution in [2.75, 3.05) is 32.1 Å². The van der Waals surface area contributed by atoms with Crippen LogP contribution in [0.3, 0.4) is 0 Å². The van der Waals surface area contributed by atoms with Gasteiger partial charge in [0.1, 0.15) is 0 Å². The average molecular weight is 239 g/mol. The SMILES string of the molecule is Cc1cccc(C(CCl)N2CCNCC2)c1. The van der Waals surface area contributed by atoms with Gasteiger partial charge in [-0.15, -0.1) is 11.6 Å². The molecule has 0 aliphatic carbocycles. The normalized spacial score (nSPS) is 19.6. The molecule has 88 valence electrons. The Hall–Kier alpha value is -0.570. The molecule has 1 heterocycles. The van der Waals surface area contributed by atoms with Crippen molar-refractivity contribution in [3.05, 3.63) is 35.4 Å². The molecule has 0 bridgehead atoms. The summed E-state index contributed by atoms with van der Waals surface area (Å²) in [6.07, 6.45) is 0. The number of hydrogen-bond acceptors (Lipinski definition) is 2. The van der Waals surface area contributed by atoms with Gasteiger partial charge in [-0.1, -0.05) is 29.8 Å². The fourth-order valence-electron chi connectivity index (χ4n) is 2.27. The van der Waals surface area contributed by atoms with Crippen LogP contribution in [0, 0.1) is 6.92 Å². The van der Waals surface area contributed by atoms with E-state index in [9.17, 15) is 0 Å². The maximum atomic E-state index is 6.13. The summed E-state index contributed by atoms with van der Waals surface area (Å²) < 4.78 is 0. The van der Waals surface area contributed by atoms with Crippen LogP contribution < -0.4 is 5.32 Å². The molecule has 1 aliphatic rings. The van der Waals surface area contributed by atoms with E-state index in [2.05, 4.69) is 41.4 Å². The number of benzene rings is 1. The molecule has 2 nitrogen and oxygen atoms in total. The predicted octanol–water partition coefficient (Wildman–Crippen LogP) is 2.18. The minimum Gasteiger partial charge on any atom is -0.314 e. The highest BCUT2D eigenvalue weighted by atomic mass is 35.5. The maximum absolute atomic E-state index is 6.13. The number of nitrogens with zero attached hydrogens (tertiary/aromatic N) is 1. The monoisotopic (exact) mass is 238 g/mol. The Bertz CT molecular complexity index is 334. The van der Waals surface area contributed by atoms with Gasteiger partial charge >= 0.3 is 0 Å². The Labute approximate surface area is 103 Å². The minimum absolute atomic E-state index is 0.365. The summed E-state index contributed by atoms with van der Waals surface area (Å²) in [5, 5.41) is 3.37. The molecule has 1 atom stereocenters. The lowest BCUT2D eigenvalue weighted by atomic mass is 10.0. The number of hydrogen-bond donors (Lipinski definition) is 1. The van der Waals surface area contributed by atoms with Gasteiger partial charge < -0.3 is 5.32 Å². The second kappa shape index (κ2) is 5.67. The molecule has 0 spiro atoms. The zero-order chi connectivity index (χ0) is 11.4. The molecule has 0 amide bonds. The van der Waals surface area contributed by atoms with Crippen molar-refractivity contribution in [3.63, 3.8) is 0 Å². The molecule has 1 saturated heterocycles. The molecule has 3 heteroatoms. The third-order valence-electron chi connectivity index (χ3n) is 3.17. The van der Waals surface area contributed by atoms with Crippen LogP contribution in [-0.2, 0) is 0 Å². The highest BCUT2D eigenvalue weighted by Gasteiger charge is 2.20. The van der Waals surface area contributed by atoms with Crippen LogP contribution in [0.4, 0.5) is 0 Å². The summed E-state index contributed by atoms with van der Waals surface area (Å²) in [6.45, 7) is 6.45. The Balaban J connectivity index is 2.14. The molecule has 1 N–H and O–H groups in total. The van der Waals surface area contributed by atoms with E-state index in [0.29, 0.717) is 11.9 Å². The standard InChI is InChI=1S/C13H19ClN2/c1-11-3-2-4-12(9-11)13(10-14)16-7-5-15-6-8-16/h2-4,9,13,15H,5-8,10H2,1H3. The lowest BCUT2D eigenvalue weighted by Gasteiger charge is -2.34. The van der Waals surface area contributed by atoms with Crippen LogP contribution in [0.1, 0.15) is 17.2 Å². The minimum atomic E-state index is 0.365. The van der Waals surface area contributed by atoms with E-state index in [4.69, 9.17) is 11.6 Å². The number of piperazine rings is 1. The largest absolute Gasteiger partial charge is 0.314 e. The van der Waals surface area contributed by atoms with Gasteiger partial charge in [-0.05, 0) is 12.5 Å². The first-order valence-corrected chi connectivity index (χ1v) is 6.42. The van der Waals surface area contributed by atoms with Crippen molar-refractivity contribution >= 4 is 11.6 Å². The molecule has 1 aromatic rings.